The van der Waals surface area contributed by atoms with Crippen molar-refractivity contribution < 1.29 is 13.2 Å². The number of fused-ring (bicyclic) bond motifs is 2. The molecule has 2 aromatic carbocycles. The van der Waals surface area contributed by atoms with Crippen LogP contribution in [0.4, 0.5) is 19.0 Å². The first-order valence-corrected chi connectivity index (χ1v) is 10.2. The van der Waals surface area contributed by atoms with E-state index < -0.39 is 17.7 Å². The van der Waals surface area contributed by atoms with Crippen LogP contribution in [0.25, 0.3) is 33.5 Å². The van der Waals surface area contributed by atoms with Crippen molar-refractivity contribution in [2.75, 3.05) is 5.73 Å². The van der Waals surface area contributed by atoms with E-state index in [0.29, 0.717) is 33.3 Å². The number of nitrogens with zero attached hydrogens (tertiary/aromatic N) is 5. The van der Waals surface area contributed by atoms with Crippen molar-refractivity contribution >= 4 is 39.6 Å². The van der Waals surface area contributed by atoms with Crippen LogP contribution in [0.15, 0.2) is 48.8 Å². The second kappa shape index (κ2) is 7.66. The van der Waals surface area contributed by atoms with Gasteiger partial charge in [0.1, 0.15) is 16.9 Å². The zero-order valence-electron chi connectivity index (χ0n) is 17.0. The lowest BCUT2D eigenvalue weighted by Gasteiger charge is -2.18. The topological polar surface area (TPSA) is 106 Å². The molecule has 0 saturated heterocycles. The molecule has 0 saturated carbocycles. The van der Waals surface area contributed by atoms with Crippen LogP contribution in [0, 0.1) is 0 Å². The number of nitrogens with one attached hydrogen (secondary N) is 1. The fourth-order valence-electron chi connectivity index (χ4n) is 3.66. The van der Waals surface area contributed by atoms with Crippen molar-refractivity contribution in [3.63, 3.8) is 0 Å². The first-order chi connectivity index (χ1) is 15.7. The molecule has 0 unspecified atom stereocenters. The number of aromatic nitrogens is 6. The standard InChI is InChI=1S/C22H15ClF3N7/c1-10(20-32-19(27)18-21(33-20)29-9-28-18)15-16(11-5-2-3-7-13(11)23)31-17-12(22(24,25)26)6-4-8-14(17)30-15/h2-10H,1H3,(H3,27,28,29,32,33)/t10-/m0/s1. The second-order valence-corrected chi connectivity index (χ2v) is 7.81. The van der Waals surface area contributed by atoms with Crippen LogP contribution in [0.3, 0.4) is 0 Å². The number of nitrogens with two attached hydrogens (primary N) is 1. The molecule has 0 spiro atoms. The number of rotatable bonds is 3. The van der Waals surface area contributed by atoms with Gasteiger partial charge in [0.15, 0.2) is 11.5 Å². The van der Waals surface area contributed by atoms with Gasteiger partial charge in [-0.1, -0.05) is 35.9 Å². The number of hydrogen-bond acceptors (Lipinski definition) is 6. The molecular formula is C22H15ClF3N7. The van der Waals surface area contributed by atoms with Gasteiger partial charge in [-0.3, -0.25) is 0 Å². The molecule has 5 rings (SSSR count). The highest BCUT2D eigenvalue weighted by atomic mass is 35.5. The second-order valence-electron chi connectivity index (χ2n) is 7.40. The van der Waals surface area contributed by atoms with E-state index in [1.807, 2.05) is 0 Å². The zero-order valence-corrected chi connectivity index (χ0v) is 17.8. The first-order valence-electron chi connectivity index (χ1n) is 9.83. The average molecular weight is 470 g/mol. The van der Waals surface area contributed by atoms with Crippen molar-refractivity contribution in [2.24, 2.45) is 0 Å². The van der Waals surface area contributed by atoms with Crippen molar-refractivity contribution in [1.29, 1.82) is 0 Å². The smallest absolute Gasteiger partial charge is 0.382 e. The van der Waals surface area contributed by atoms with Gasteiger partial charge in [0, 0.05) is 5.56 Å². The Morgan fingerprint density at radius 1 is 1.00 bits per heavy atom. The predicted octanol–water partition coefficient (Wildman–Crippen LogP) is 5.37. The molecule has 0 fully saturated rings. The van der Waals surface area contributed by atoms with Crippen LogP contribution in [0.5, 0.6) is 0 Å². The molecule has 1 atom stereocenters. The highest BCUT2D eigenvalue weighted by Gasteiger charge is 2.34. The van der Waals surface area contributed by atoms with Crippen LogP contribution in [-0.4, -0.2) is 29.9 Å². The Balaban J connectivity index is 1.80. The largest absolute Gasteiger partial charge is 0.418 e. The van der Waals surface area contributed by atoms with E-state index in [-0.39, 0.29) is 22.5 Å². The van der Waals surface area contributed by atoms with E-state index in [4.69, 9.17) is 17.3 Å². The fourth-order valence-corrected chi connectivity index (χ4v) is 3.89. The summed E-state index contributed by atoms with van der Waals surface area (Å²) in [6, 6.07) is 10.5. The third-order valence-electron chi connectivity index (χ3n) is 5.28. The monoisotopic (exact) mass is 469 g/mol. The van der Waals surface area contributed by atoms with Crippen LogP contribution >= 0.6 is 11.6 Å². The maximum absolute atomic E-state index is 13.7. The van der Waals surface area contributed by atoms with Gasteiger partial charge in [-0.15, -0.1) is 0 Å². The Kier molecular flexibility index (Phi) is 4.89. The van der Waals surface area contributed by atoms with Crippen LogP contribution in [0.2, 0.25) is 5.02 Å². The molecule has 11 heteroatoms. The lowest BCUT2D eigenvalue weighted by atomic mass is 9.99. The summed E-state index contributed by atoms with van der Waals surface area (Å²) < 4.78 is 41.0. The molecule has 5 aromatic rings. The molecule has 3 N–H and O–H groups in total. The Morgan fingerprint density at radius 2 is 1.79 bits per heavy atom. The molecule has 166 valence electrons. The third kappa shape index (κ3) is 3.62. The number of halogens is 4. The minimum atomic E-state index is -4.60. The highest BCUT2D eigenvalue weighted by Crippen LogP contribution is 2.38. The van der Waals surface area contributed by atoms with Gasteiger partial charge >= 0.3 is 6.18 Å². The molecule has 0 radical (unpaired) electrons. The Hall–Kier alpha value is -3.79. The van der Waals surface area contributed by atoms with Gasteiger partial charge in [0.25, 0.3) is 0 Å². The number of para-hydroxylation sites is 1. The normalized spacial score (nSPS) is 13.0. The number of hydrogen-bond donors (Lipinski definition) is 2. The van der Waals surface area contributed by atoms with E-state index in [1.54, 1.807) is 31.2 Å². The van der Waals surface area contributed by atoms with Gasteiger partial charge in [0.2, 0.25) is 0 Å². The summed E-state index contributed by atoms with van der Waals surface area (Å²) in [4.78, 5) is 24.8. The maximum atomic E-state index is 13.7. The number of benzene rings is 2. The van der Waals surface area contributed by atoms with Crippen LogP contribution in [0.1, 0.15) is 29.9 Å². The number of anilines is 1. The summed E-state index contributed by atoms with van der Waals surface area (Å²) in [5.74, 6) is -0.0705. The van der Waals surface area contributed by atoms with Crippen LogP contribution < -0.4 is 5.73 Å². The molecule has 33 heavy (non-hydrogen) atoms. The molecule has 0 bridgehead atoms. The Bertz CT molecular complexity index is 1510. The summed E-state index contributed by atoms with van der Waals surface area (Å²) in [5.41, 5.74) is 6.89. The number of nitrogen functional groups attached to an aromatic ring is 1. The van der Waals surface area contributed by atoms with Crippen molar-refractivity contribution in [3.05, 3.63) is 70.9 Å². The minimum Gasteiger partial charge on any atom is -0.382 e. The fraction of sp³-hybridized carbons (Fsp3) is 0.136. The number of imidazole rings is 1. The maximum Gasteiger partial charge on any atom is 0.418 e. The lowest BCUT2D eigenvalue weighted by molar-refractivity contribution is -0.136. The highest BCUT2D eigenvalue weighted by molar-refractivity contribution is 6.33. The molecule has 0 amide bonds. The summed E-state index contributed by atoms with van der Waals surface area (Å²) in [6.45, 7) is 1.77. The van der Waals surface area contributed by atoms with Gasteiger partial charge in [-0.2, -0.15) is 13.2 Å². The quantitative estimate of drug-likeness (QED) is 0.368. The van der Waals surface area contributed by atoms with E-state index in [1.165, 1.54) is 18.5 Å². The summed E-state index contributed by atoms with van der Waals surface area (Å²) >= 11 is 6.40. The van der Waals surface area contributed by atoms with Crippen molar-refractivity contribution in [2.45, 2.75) is 19.0 Å². The van der Waals surface area contributed by atoms with E-state index >= 15 is 0 Å². The van der Waals surface area contributed by atoms with Gasteiger partial charge in [0.05, 0.1) is 39.7 Å². The van der Waals surface area contributed by atoms with E-state index in [0.717, 1.165) is 6.07 Å². The summed E-state index contributed by atoms with van der Waals surface area (Å²) in [7, 11) is 0. The van der Waals surface area contributed by atoms with Gasteiger partial charge in [-0.25, -0.2) is 24.9 Å². The molecular weight excluding hydrogens is 455 g/mol. The van der Waals surface area contributed by atoms with E-state index in [9.17, 15) is 13.2 Å². The number of aromatic amines is 1. The van der Waals surface area contributed by atoms with Gasteiger partial charge in [-0.05, 0) is 25.1 Å². The number of alkyl halides is 3. The van der Waals surface area contributed by atoms with E-state index in [2.05, 4.69) is 29.9 Å². The van der Waals surface area contributed by atoms with Crippen molar-refractivity contribution in [3.8, 4) is 11.3 Å². The average Bonchev–Trinajstić information content (AvgIpc) is 3.26. The molecule has 0 aliphatic carbocycles. The van der Waals surface area contributed by atoms with Crippen LogP contribution in [-0.2, 0) is 6.18 Å². The predicted molar refractivity (Wildman–Crippen MR) is 119 cm³/mol. The minimum absolute atomic E-state index is 0.0938. The zero-order chi connectivity index (χ0) is 23.3. The Morgan fingerprint density at radius 3 is 2.55 bits per heavy atom. The Labute approximate surface area is 189 Å². The molecule has 0 aliphatic heterocycles. The SMILES string of the molecule is C[C@H](c1nc(N)c2[nH]cnc2n1)c1nc2cccc(C(F)(F)F)c2nc1-c1ccccc1Cl. The number of H-pyrrole nitrogens is 1. The summed E-state index contributed by atoms with van der Waals surface area (Å²) in [5, 5.41) is 0.326. The molecule has 3 heterocycles. The molecule has 7 nitrogen and oxygen atoms in total. The molecule has 0 aliphatic rings. The summed E-state index contributed by atoms with van der Waals surface area (Å²) in [6.07, 6.45) is -3.14. The van der Waals surface area contributed by atoms with Gasteiger partial charge < -0.3 is 10.7 Å². The molecule has 3 aromatic heterocycles. The van der Waals surface area contributed by atoms with Crippen molar-refractivity contribution in [1.82, 2.24) is 29.9 Å². The first kappa shape index (κ1) is 21.1. The third-order valence-corrected chi connectivity index (χ3v) is 5.61. The lowest BCUT2D eigenvalue weighted by Crippen LogP contribution is -2.12.